The molecule has 98 valence electrons. The predicted octanol–water partition coefficient (Wildman–Crippen LogP) is 3.19. The zero-order chi connectivity index (χ0) is 13.8. The Morgan fingerprint density at radius 2 is 1.89 bits per heavy atom. The highest BCUT2D eigenvalue weighted by molar-refractivity contribution is 5.79. The van der Waals surface area contributed by atoms with Crippen molar-refractivity contribution in [3.05, 3.63) is 46.0 Å². The molecule has 0 aliphatic carbocycles. The average Bonchev–Trinajstić information content (AvgIpc) is 2.36. The predicted molar refractivity (Wildman–Crippen MR) is 70.2 cm³/mol. The zero-order valence-corrected chi connectivity index (χ0v) is 11.1. The molecule has 1 aromatic carbocycles. The van der Waals surface area contributed by atoms with E-state index in [1.54, 1.807) is 20.8 Å². The summed E-state index contributed by atoms with van der Waals surface area (Å²) >= 11 is 0. The van der Waals surface area contributed by atoms with E-state index in [1.807, 2.05) is 30.3 Å². The van der Waals surface area contributed by atoms with Gasteiger partial charge >= 0.3 is 0 Å². The van der Waals surface area contributed by atoms with Crippen LogP contribution in [0.3, 0.4) is 0 Å². The van der Waals surface area contributed by atoms with E-state index in [2.05, 4.69) is 0 Å². The molecule has 0 saturated heterocycles. The molecule has 0 N–H and O–H groups in total. The van der Waals surface area contributed by atoms with E-state index >= 15 is 0 Å². The summed E-state index contributed by atoms with van der Waals surface area (Å²) in [7, 11) is 0. The maximum atomic E-state index is 11.6. The van der Waals surface area contributed by atoms with Crippen LogP contribution in [0.1, 0.15) is 45.1 Å². The molecule has 1 rings (SSSR count). The van der Waals surface area contributed by atoms with Crippen molar-refractivity contribution in [2.45, 2.75) is 45.1 Å². The Morgan fingerprint density at radius 1 is 1.33 bits per heavy atom. The Labute approximate surface area is 107 Å². The summed E-state index contributed by atoms with van der Waals surface area (Å²) in [6, 6.07) is 9.24. The number of hydrogen-bond acceptors (Lipinski definition) is 3. The first-order chi connectivity index (χ1) is 8.39. The van der Waals surface area contributed by atoms with E-state index in [0.29, 0.717) is 6.42 Å². The molecule has 0 aromatic heterocycles. The van der Waals surface area contributed by atoms with Crippen LogP contribution in [0.2, 0.25) is 0 Å². The highest BCUT2D eigenvalue weighted by atomic mass is 16.6. The third-order valence-electron chi connectivity index (χ3n) is 3.35. The van der Waals surface area contributed by atoms with Gasteiger partial charge in [-0.3, -0.25) is 14.9 Å². The van der Waals surface area contributed by atoms with Gasteiger partial charge in [-0.2, -0.15) is 0 Å². The summed E-state index contributed by atoms with van der Waals surface area (Å²) in [4.78, 5) is 22.5. The normalized spacial score (nSPS) is 13.1. The van der Waals surface area contributed by atoms with Gasteiger partial charge in [-0.25, -0.2) is 0 Å². The van der Waals surface area contributed by atoms with Gasteiger partial charge in [0, 0.05) is 31.6 Å². The number of Topliss-reactive ketones (excluding diaryl/α,β-unsaturated/α-hetero) is 1. The standard InChI is InChI=1S/C14H19NO3/c1-4-12(16)10-13(14(2,3)15(17)18)11-8-6-5-7-9-11/h5-9,13H,4,10H2,1-3H3/t13-/m0/s1. The van der Waals surface area contributed by atoms with Crippen LogP contribution in [0, 0.1) is 10.1 Å². The van der Waals surface area contributed by atoms with Crippen LogP contribution in [-0.2, 0) is 4.79 Å². The van der Waals surface area contributed by atoms with Crippen molar-refractivity contribution in [2.75, 3.05) is 0 Å². The van der Waals surface area contributed by atoms with Gasteiger partial charge < -0.3 is 0 Å². The second-order valence-electron chi connectivity index (χ2n) is 4.97. The minimum atomic E-state index is -1.15. The average molecular weight is 249 g/mol. The molecule has 1 aromatic rings. The van der Waals surface area contributed by atoms with Crippen LogP contribution in [0.25, 0.3) is 0 Å². The molecule has 0 amide bonds. The number of rotatable bonds is 6. The Morgan fingerprint density at radius 3 is 2.33 bits per heavy atom. The topological polar surface area (TPSA) is 60.2 Å². The second kappa shape index (κ2) is 5.76. The highest BCUT2D eigenvalue weighted by Crippen LogP contribution is 2.34. The number of ketones is 1. The van der Waals surface area contributed by atoms with Crippen LogP contribution >= 0.6 is 0 Å². The third kappa shape index (κ3) is 3.15. The van der Waals surface area contributed by atoms with Gasteiger partial charge in [0.2, 0.25) is 5.54 Å². The molecule has 0 aliphatic rings. The van der Waals surface area contributed by atoms with Gasteiger partial charge in [0.15, 0.2) is 0 Å². The van der Waals surface area contributed by atoms with Crippen molar-refractivity contribution in [1.29, 1.82) is 0 Å². The van der Waals surface area contributed by atoms with Gasteiger partial charge in [0.05, 0.1) is 5.92 Å². The Kier molecular flexibility index (Phi) is 4.59. The van der Waals surface area contributed by atoms with Gasteiger partial charge in [-0.15, -0.1) is 0 Å². The molecular weight excluding hydrogens is 230 g/mol. The molecule has 0 fully saturated rings. The number of carbonyl (C=O) groups excluding carboxylic acids is 1. The van der Waals surface area contributed by atoms with Crippen LogP contribution < -0.4 is 0 Å². The fourth-order valence-corrected chi connectivity index (χ4v) is 1.96. The van der Waals surface area contributed by atoms with Crippen molar-refractivity contribution in [3.8, 4) is 0 Å². The number of carbonyl (C=O) groups is 1. The molecule has 0 heterocycles. The monoisotopic (exact) mass is 249 g/mol. The highest BCUT2D eigenvalue weighted by Gasteiger charge is 2.42. The van der Waals surface area contributed by atoms with Gasteiger partial charge in [-0.1, -0.05) is 37.3 Å². The van der Waals surface area contributed by atoms with Crippen LogP contribution in [-0.4, -0.2) is 16.2 Å². The molecule has 0 bridgehead atoms. The molecule has 18 heavy (non-hydrogen) atoms. The van der Waals surface area contributed by atoms with Crippen LogP contribution in [0.5, 0.6) is 0 Å². The molecule has 4 nitrogen and oxygen atoms in total. The van der Waals surface area contributed by atoms with Gasteiger partial charge in [0.25, 0.3) is 0 Å². The lowest BCUT2D eigenvalue weighted by atomic mass is 9.79. The first-order valence-corrected chi connectivity index (χ1v) is 6.10. The Balaban J connectivity index is 3.11. The fourth-order valence-electron chi connectivity index (χ4n) is 1.96. The van der Waals surface area contributed by atoms with Crippen molar-refractivity contribution in [1.82, 2.24) is 0 Å². The molecule has 4 heteroatoms. The van der Waals surface area contributed by atoms with Crippen molar-refractivity contribution >= 4 is 5.78 Å². The summed E-state index contributed by atoms with van der Waals surface area (Å²) < 4.78 is 0. The molecule has 0 spiro atoms. The molecule has 0 aliphatic heterocycles. The summed E-state index contributed by atoms with van der Waals surface area (Å²) in [6.07, 6.45) is 0.631. The van der Waals surface area contributed by atoms with Gasteiger partial charge in [0.1, 0.15) is 5.78 Å². The number of nitro groups is 1. The zero-order valence-electron chi connectivity index (χ0n) is 11.1. The second-order valence-corrected chi connectivity index (χ2v) is 4.97. The number of hydrogen-bond donors (Lipinski definition) is 0. The van der Waals surface area contributed by atoms with Crippen molar-refractivity contribution in [3.63, 3.8) is 0 Å². The van der Waals surface area contributed by atoms with Crippen LogP contribution in [0.15, 0.2) is 30.3 Å². The summed E-state index contributed by atoms with van der Waals surface area (Å²) in [5.74, 6) is -0.333. The third-order valence-corrected chi connectivity index (χ3v) is 3.35. The lowest BCUT2D eigenvalue weighted by molar-refractivity contribution is -0.565. The van der Waals surface area contributed by atoms with E-state index in [0.717, 1.165) is 5.56 Å². The van der Waals surface area contributed by atoms with E-state index in [1.165, 1.54) is 0 Å². The molecular formula is C14H19NO3. The Bertz CT molecular complexity index is 426. The lowest BCUT2D eigenvalue weighted by Gasteiger charge is -2.26. The van der Waals surface area contributed by atoms with Crippen molar-refractivity contribution in [2.24, 2.45) is 0 Å². The maximum Gasteiger partial charge on any atom is 0.223 e. The molecule has 0 radical (unpaired) electrons. The van der Waals surface area contributed by atoms with E-state index in [-0.39, 0.29) is 23.0 Å². The largest absolute Gasteiger partial charge is 0.300 e. The molecule has 0 saturated carbocycles. The van der Waals surface area contributed by atoms with E-state index in [9.17, 15) is 14.9 Å². The van der Waals surface area contributed by atoms with Crippen LogP contribution in [0.4, 0.5) is 0 Å². The summed E-state index contributed by atoms with van der Waals surface area (Å²) in [6.45, 7) is 4.94. The minimum Gasteiger partial charge on any atom is -0.300 e. The SMILES string of the molecule is CCC(=O)C[C@@H](c1ccccc1)C(C)(C)[N+](=O)[O-]. The first-order valence-electron chi connectivity index (χ1n) is 6.10. The first kappa shape index (κ1) is 14.4. The number of nitrogens with zero attached hydrogens (tertiary/aromatic N) is 1. The van der Waals surface area contributed by atoms with E-state index in [4.69, 9.17) is 0 Å². The number of benzene rings is 1. The van der Waals surface area contributed by atoms with Crippen molar-refractivity contribution < 1.29 is 9.72 Å². The molecule has 0 unspecified atom stereocenters. The Hall–Kier alpha value is -1.71. The molecule has 1 atom stereocenters. The maximum absolute atomic E-state index is 11.6. The van der Waals surface area contributed by atoms with Gasteiger partial charge in [-0.05, 0) is 5.56 Å². The van der Waals surface area contributed by atoms with E-state index < -0.39 is 5.54 Å². The summed E-state index contributed by atoms with van der Waals surface area (Å²) in [5, 5.41) is 11.2. The smallest absolute Gasteiger partial charge is 0.223 e. The lowest BCUT2D eigenvalue weighted by Crippen LogP contribution is -2.39. The summed E-state index contributed by atoms with van der Waals surface area (Å²) in [5.41, 5.74) is -0.298. The minimum absolute atomic E-state index is 0.0544. The quantitative estimate of drug-likeness (QED) is 0.574. The fraction of sp³-hybridized carbons (Fsp3) is 0.500.